The Kier molecular flexibility index (Phi) is 5.94. The van der Waals surface area contributed by atoms with Crippen molar-refractivity contribution < 1.29 is 14.3 Å². The number of carbonyl (C=O) groups is 1. The minimum Gasteiger partial charge on any atom is -0.494 e. The van der Waals surface area contributed by atoms with Crippen molar-refractivity contribution >= 4 is 22.3 Å². The summed E-state index contributed by atoms with van der Waals surface area (Å²) < 4.78 is 12.7. The van der Waals surface area contributed by atoms with Crippen molar-refractivity contribution in [3.63, 3.8) is 0 Å². The third kappa shape index (κ3) is 4.34. The van der Waals surface area contributed by atoms with Crippen LogP contribution in [-0.4, -0.2) is 22.0 Å². The van der Waals surface area contributed by atoms with Gasteiger partial charge < -0.3 is 9.47 Å². The lowest BCUT2D eigenvalue weighted by Crippen LogP contribution is -2.18. The van der Waals surface area contributed by atoms with E-state index >= 15 is 0 Å². The van der Waals surface area contributed by atoms with Gasteiger partial charge in [0.2, 0.25) is 0 Å². The van der Waals surface area contributed by atoms with Crippen molar-refractivity contribution in [1.82, 2.24) is 9.38 Å². The van der Waals surface area contributed by atoms with E-state index in [-0.39, 0.29) is 24.6 Å². The molecule has 0 spiro atoms. The van der Waals surface area contributed by atoms with E-state index in [4.69, 9.17) is 9.47 Å². The van der Waals surface area contributed by atoms with Gasteiger partial charge in [0.1, 0.15) is 12.4 Å². The molecule has 0 aliphatic heterocycles. The van der Waals surface area contributed by atoms with E-state index in [0.717, 1.165) is 42.7 Å². The van der Waals surface area contributed by atoms with Gasteiger partial charge >= 0.3 is 5.97 Å². The number of ether oxygens (including phenoxy) is 2. The van der Waals surface area contributed by atoms with E-state index in [0.29, 0.717) is 23.7 Å². The zero-order valence-electron chi connectivity index (χ0n) is 16.5. The van der Waals surface area contributed by atoms with E-state index in [1.165, 1.54) is 10.9 Å². The molecule has 4 rings (SSSR count). The monoisotopic (exact) mass is 412 g/mol. The van der Waals surface area contributed by atoms with E-state index in [9.17, 15) is 9.59 Å². The SMILES string of the molecule is CCOc1ccccc1CCC(=O)OCc1cc(=O)n2c3c(sc2n1)CCCC3. The molecule has 0 saturated carbocycles. The zero-order chi connectivity index (χ0) is 20.2. The maximum absolute atomic E-state index is 12.6. The zero-order valence-corrected chi connectivity index (χ0v) is 17.3. The third-order valence-electron chi connectivity index (χ3n) is 5.07. The second-order valence-corrected chi connectivity index (χ2v) is 8.15. The molecule has 1 aliphatic rings. The van der Waals surface area contributed by atoms with Crippen LogP contribution >= 0.6 is 11.3 Å². The van der Waals surface area contributed by atoms with Crippen LogP contribution in [0.25, 0.3) is 4.96 Å². The molecule has 6 nitrogen and oxygen atoms in total. The maximum Gasteiger partial charge on any atom is 0.306 e. The summed E-state index contributed by atoms with van der Waals surface area (Å²) in [4.78, 5) is 31.3. The minimum absolute atomic E-state index is 0.0141. The molecule has 0 fully saturated rings. The van der Waals surface area contributed by atoms with Gasteiger partial charge in [0.15, 0.2) is 4.96 Å². The lowest BCUT2D eigenvalue weighted by Gasteiger charge is -2.10. The molecule has 1 aliphatic carbocycles. The summed E-state index contributed by atoms with van der Waals surface area (Å²) in [6, 6.07) is 9.17. The Bertz CT molecular complexity index is 1090. The minimum atomic E-state index is -0.316. The summed E-state index contributed by atoms with van der Waals surface area (Å²) in [5.41, 5.74) is 2.49. The number of aromatic nitrogens is 2. The van der Waals surface area contributed by atoms with Gasteiger partial charge in [0, 0.05) is 23.1 Å². The molecule has 0 saturated heterocycles. The first-order valence-electron chi connectivity index (χ1n) is 10.0. The molecule has 0 N–H and O–H groups in total. The Morgan fingerprint density at radius 3 is 2.93 bits per heavy atom. The van der Waals surface area contributed by atoms with Crippen LogP contribution < -0.4 is 10.3 Å². The Morgan fingerprint density at radius 2 is 2.07 bits per heavy atom. The third-order valence-corrected chi connectivity index (χ3v) is 6.21. The van der Waals surface area contributed by atoms with Crippen LogP contribution in [-0.2, 0) is 35.4 Å². The largest absolute Gasteiger partial charge is 0.494 e. The number of hydrogen-bond acceptors (Lipinski definition) is 6. The number of para-hydroxylation sites is 1. The van der Waals surface area contributed by atoms with Crippen LogP contribution in [0, 0.1) is 0 Å². The summed E-state index contributed by atoms with van der Waals surface area (Å²) in [5, 5.41) is 0. The van der Waals surface area contributed by atoms with E-state index in [2.05, 4.69) is 4.98 Å². The highest BCUT2D eigenvalue weighted by molar-refractivity contribution is 7.17. The van der Waals surface area contributed by atoms with Gasteiger partial charge in [-0.05, 0) is 50.7 Å². The predicted molar refractivity (Wildman–Crippen MR) is 112 cm³/mol. The maximum atomic E-state index is 12.6. The van der Waals surface area contributed by atoms with Crippen molar-refractivity contribution in [1.29, 1.82) is 0 Å². The lowest BCUT2D eigenvalue weighted by molar-refractivity contribution is -0.145. The highest BCUT2D eigenvalue weighted by atomic mass is 32.1. The molecule has 0 bridgehead atoms. The molecule has 2 heterocycles. The summed E-state index contributed by atoms with van der Waals surface area (Å²) in [7, 11) is 0. The fraction of sp³-hybridized carbons (Fsp3) is 0.409. The van der Waals surface area contributed by atoms with Crippen LogP contribution in [0.2, 0.25) is 0 Å². The molecular weight excluding hydrogens is 388 g/mol. The molecule has 29 heavy (non-hydrogen) atoms. The molecule has 3 aromatic rings. The van der Waals surface area contributed by atoms with Crippen LogP contribution in [0.1, 0.15) is 48.0 Å². The second-order valence-electron chi connectivity index (χ2n) is 7.08. The summed E-state index contributed by atoms with van der Waals surface area (Å²) in [6.45, 7) is 2.53. The molecule has 0 radical (unpaired) electrons. The van der Waals surface area contributed by atoms with Crippen molar-refractivity contribution in [3.8, 4) is 5.75 Å². The normalized spacial score (nSPS) is 13.3. The Balaban J connectivity index is 1.39. The first-order chi connectivity index (χ1) is 14.2. The summed E-state index contributed by atoms with van der Waals surface area (Å²) >= 11 is 1.57. The van der Waals surface area contributed by atoms with Crippen molar-refractivity contribution in [3.05, 3.63) is 62.5 Å². The number of rotatable bonds is 7. The van der Waals surface area contributed by atoms with Crippen LogP contribution in [0.5, 0.6) is 5.75 Å². The van der Waals surface area contributed by atoms with Gasteiger partial charge in [-0.15, -0.1) is 11.3 Å². The quantitative estimate of drug-likeness (QED) is 0.553. The molecular formula is C22H24N2O4S. The lowest BCUT2D eigenvalue weighted by atomic mass is 10.0. The molecule has 2 aromatic heterocycles. The number of esters is 1. The second kappa shape index (κ2) is 8.78. The Labute approximate surface area is 173 Å². The fourth-order valence-electron chi connectivity index (χ4n) is 3.69. The number of fused-ring (bicyclic) bond motifs is 3. The highest BCUT2D eigenvalue weighted by Crippen LogP contribution is 2.28. The number of aryl methyl sites for hydroxylation is 3. The van der Waals surface area contributed by atoms with E-state index in [1.807, 2.05) is 31.2 Å². The number of thiazole rings is 1. The highest BCUT2D eigenvalue weighted by Gasteiger charge is 2.18. The van der Waals surface area contributed by atoms with Crippen LogP contribution in [0.3, 0.4) is 0 Å². The average Bonchev–Trinajstić information content (AvgIpc) is 3.10. The first kappa shape index (κ1) is 19.6. The smallest absolute Gasteiger partial charge is 0.306 e. The topological polar surface area (TPSA) is 69.9 Å². The van der Waals surface area contributed by atoms with Crippen LogP contribution in [0.4, 0.5) is 0 Å². The van der Waals surface area contributed by atoms with Gasteiger partial charge in [-0.2, -0.15) is 0 Å². The summed E-state index contributed by atoms with van der Waals surface area (Å²) in [5.74, 6) is 0.480. The number of nitrogens with zero attached hydrogens (tertiary/aromatic N) is 2. The molecule has 152 valence electrons. The molecule has 0 unspecified atom stereocenters. The molecule has 0 atom stereocenters. The first-order valence-corrected chi connectivity index (χ1v) is 10.9. The van der Waals surface area contributed by atoms with Crippen molar-refractivity contribution in [2.75, 3.05) is 6.61 Å². The summed E-state index contributed by atoms with van der Waals surface area (Å²) in [6.07, 6.45) is 4.99. The van der Waals surface area contributed by atoms with Gasteiger partial charge in [-0.25, -0.2) is 4.98 Å². The molecule has 0 amide bonds. The van der Waals surface area contributed by atoms with Gasteiger partial charge in [0.25, 0.3) is 5.56 Å². The van der Waals surface area contributed by atoms with E-state index < -0.39 is 0 Å². The van der Waals surface area contributed by atoms with Crippen molar-refractivity contribution in [2.45, 2.75) is 52.1 Å². The van der Waals surface area contributed by atoms with E-state index in [1.54, 1.807) is 15.7 Å². The Morgan fingerprint density at radius 1 is 1.24 bits per heavy atom. The van der Waals surface area contributed by atoms with Gasteiger partial charge in [-0.1, -0.05) is 18.2 Å². The molecule has 1 aromatic carbocycles. The predicted octanol–water partition coefficient (Wildman–Crippen LogP) is 3.71. The standard InChI is InChI=1S/C22H24N2O4S/c1-2-27-18-9-5-3-7-15(18)11-12-21(26)28-14-16-13-20(25)24-17-8-4-6-10-19(17)29-22(24)23-16/h3,5,7,9,13H,2,4,6,8,10-12,14H2,1H3. The number of benzene rings is 1. The van der Waals surface area contributed by atoms with Crippen molar-refractivity contribution in [2.24, 2.45) is 0 Å². The van der Waals surface area contributed by atoms with Gasteiger partial charge in [-0.3, -0.25) is 14.0 Å². The number of hydrogen-bond donors (Lipinski definition) is 0. The fourth-order valence-corrected chi connectivity index (χ4v) is 4.92. The average molecular weight is 413 g/mol. The van der Waals surface area contributed by atoms with Gasteiger partial charge in [0.05, 0.1) is 12.3 Å². The molecule has 7 heteroatoms. The number of carbonyl (C=O) groups excluding carboxylic acids is 1. The Hall–Kier alpha value is -2.67. The van der Waals surface area contributed by atoms with Crippen LogP contribution in [0.15, 0.2) is 35.1 Å².